The van der Waals surface area contributed by atoms with Crippen LogP contribution in [0.1, 0.15) is 32.1 Å². The first-order valence-electron chi connectivity index (χ1n) is 4.96. The van der Waals surface area contributed by atoms with Gasteiger partial charge in [0, 0.05) is 11.1 Å². The Hall–Kier alpha value is -2.56. The molecule has 1 aromatic carbocycles. The fraction of sp³-hybridized carbons (Fsp3) is 0. The number of nitrogens with one attached hydrogen (secondary N) is 1. The summed E-state index contributed by atoms with van der Waals surface area (Å²) in [6, 6.07) is 6.49. The Labute approximate surface area is 95.1 Å². The minimum atomic E-state index is -0.496. The Morgan fingerprint density at radius 3 is 2.29 bits per heavy atom. The predicted molar refractivity (Wildman–Crippen MR) is 58.2 cm³/mol. The molecule has 2 aromatic rings. The molecule has 1 N–H and O–H groups in total. The van der Waals surface area contributed by atoms with Crippen LogP contribution in [0.5, 0.6) is 0 Å². The molecule has 17 heavy (non-hydrogen) atoms. The molecule has 0 aliphatic heterocycles. The number of rotatable bonds is 0. The Balaban J connectivity index is 2.37. The van der Waals surface area contributed by atoms with Gasteiger partial charge in [-0.15, -0.1) is 0 Å². The van der Waals surface area contributed by atoms with Gasteiger partial charge in [0.05, 0.1) is 6.20 Å². The fourth-order valence-corrected chi connectivity index (χ4v) is 1.88. The minimum Gasteiger partial charge on any atom is -0.316 e. The molecule has 5 nitrogen and oxygen atoms in total. The van der Waals surface area contributed by atoms with Crippen molar-refractivity contribution in [1.82, 2.24) is 9.97 Å². The van der Waals surface area contributed by atoms with E-state index in [2.05, 4.69) is 9.97 Å². The lowest BCUT2D eigenvalue weighted by Gasteiger charge is -2.14. The average molecular weight is 226 g/mol. The van der Waals surface area contributed by atoms with Gasteiger partial charge in [-0.2, -0.15) is 0 Å². The quantitative estimate of drug-likeness (QED) is 0.606. The highest BCUT2D eigenvalue weighted by Crippen LogP contribution is 2.23. The van der Waals surface area contributed by atoms with E-state index in [1.165, 1.54) is 0 Å². The topological polar surface area (TPSA) is 79.9 Å². The van der Waals surface area contributed by atoms with Crippen molar-refractivity contribution in [2.75, 3.05) is 0 Å². The number of nitrogens with zero attached hydrogens (tertiary/aromatic N) is 1. The lowest BCUT2D eigenvalue weighted by atomic mass is 9.90. The molecule has 0 amide bonds. The second kappa shape index (κ2) is 3.21. The molecule has 1 aliphatic carbocycles. The van der Waals surface area contributed by atoms with Gasteiger partial charge in [-0.05, 0) is 0 Å². The van der Waals surface area contributed by atoms with Crippen LogP contribution in [-0.2, 0) is 0 Å². The molecule has 5 heteroatoms. The molecule has 0 bridgehead atoms. The van der Waals surface area contributed by atoms with E-state index in [1.54, 1.807) is 24.3 Å². The Morgan fingerprint density at radius 2 is 1.59 bits per heavy atom. The summed E-state index contributed by atoms with van der Waals surface area (Å²) in [7, 11) is 0. The summed E-state index contributed by atoms with van der Waals surface area (Å²) < 4.78 is 0. The molecule has 1 aromatic heterocycles. The van der Waals surface area contributed by atoms with Gasteiger partial charge < -0.3 is 4.98 Å². The normalized spacial score (nSPS) is 13.2. The number of benzene rings is 1. The summed E-state index contributed by atoms with van der Waals surface area (Å²) in [6.07, 6.45) is 0.998. The number of aromatic nitrogens is 2. The number of hydrogen-bond donors (Lipinski definition) is 1. The molecule has 0 atom stereocenters. The number of ketones is 2. The van der Waals surface area contributed by atoms with E-state index in [9.17, 15) is 14.4 Å². The Morgan fingerprint density at radius 1 is 0.941 bits per heavy atom. The number of carbonyl (C=O) groups is 2. The molecular formula is C12H6N2O3. The third-order valence-corrected chi connectivity index (χ3v) is 2.65. The summed E-state index contributed by atoms with van der Waals surface area (Å²) >= 11 is 0. The van der Waals surface area contributed by atoms with E-state index >= 15 is 0 Å². The third-order valence-electron chi connectivity index (χ3n) is 2.65. The SMILES string of the molecule is O=C1c2ccccc2C(=O)c2[nH]c(=O)cnc21. The molecule has 0 saturated carbocycles. The van der Waals surface area contributed by atoms with E-state index in [4.69, 9.17) is 0 Å². The maximum Gasteiger partial charge on any atom is 0.266 e. The van der Waals surface area contributed by atoms with Crippen LogP contribution in [-0.4, -0.2) is 21.5 Å². The van der Waals surface area contributed by atoms with E-state index in [0.717, 1.165) is 6.20 Å². The van der Waals surface area contributed by atoms with Gasteiger partial charge in [-0.3, -0.25) is 14.4 Å². The highest BCUT2D eigenvalue weighted by Gasteiger charge is 2.31. The van der Waals surface area contributed by atoms with Crippen molar-refractivity contribution in [2.24, 2.45) is 0 Å². The van der Waals surface area contributed by atoms with Crippen LogP contribution < -0.4 is 5.56 Å². The first-order valence-corrected chi connectivity index (χ1v) is 4.96. The average Bonchev–Trinajstić information content (AvgIpc) is 2.36. The summed E-state index contributed by atoms with van der Waals surface area (Å²) in [5.74, 6) is -0.716. The summed E-state index contributed by atoms with van der Waals surface area (Å²) in [5.41, 5.74) is 0.108. The standard InChI is InChI=1S/C12H6N2O3/c15-8-5-13-9-10(14-8)12(17)7-4-2-1-3-6(7)11(9)16/h1-5H,(H,14,15). The Bertz CT molecular complexity index is 716. The fourth-order valence-electron chi connectivity index (χ4n) is 1.88. The molecule has 1 aliphatic rings. The smallest absolute Gasteiger partial charge is 0.266 e. The number of aromatic amines is 1. The van der Waals surface area contributed by atoms with Crippen molar-refractivity contribution < 1.29 is 9.59 Å². The predicted octanol–water partition coefficient (Wildman–Crippen LogP) is 0.545. The molecule has 0 fully saturated rings. The van der Waals surface area contributed by atoms with E-state index in [0.29, 0.717) is 11.1 Å². The third kappa shape index (κ3) is 1.25. The molecule has 0 spiro atoms. The molecule has 0 saturated heterocycles. The lowest BCUT2D eigenvalue weighted by Crippen LogP contribution is -2.27. The van der Waals surface area contributed by atoms with Crippen LogP contribution in [0.2, 0.25) is 0 Å². The van der Waals surface area contributed by atoms with Gasteiger partial charge in [0.2, 0.25) is 11.6 Å². The highest BCUT2D eigenvalue weighted by molar-refractivity contribution is 6.26. The number of carbonyl (C=O) groups excluding carboxylic acids is 2. The summed E-state index contributed by atoms with van der Waals surface area (Å²) in [5, 5.41) is 0. The first kappa shape index (κ1) is 9.65. The van der Waals surface area contributed by atoms with Crippen molar-refractivity contribution in [2.45, 2.75) is 0 Å². The van der Waals surface area contributed by atoms with E-state index < -0.39 is 5.56 Å². The van der Waals surface area contributed by atoms with Crippen molar-refractivity contribution in [3.63, 3.8) is 0 Å². The van der Waals surface area contributed by atoms with Gasteiger partial charge in [-0.1, -0.05) is 24.3 Å². The van der Waals surface area contributed by atoms with Crippen LogP contribution in [0.25, 0.3) is 0 Å². The van der Waals surface area contributed by atoms with Crippen LogP contribution >= 0.6 is 0 Å². The van der Waals surface area contributed by atoms with Crippen LogP contribution in [0.15, 0.2) is 35.3 Å². The van der Waals surface area contributed by atoms with Crippen LogP contribution in [0, 0.1) is 0 Å². The first-order chi connectivity index (χ1) is 8.18. The van der Waals surface area contributed by atoms with Crippen molar-refractivity contribution >= 4 is 11.6 Å². The van der Waals surface area contributed by atoms with E-state index in [-0.39, 0.29) is 23.0 Å². The molecular weight excluding hydrogens is 220 g/mol. The maximum atomic E-state index is 12.0. The van der Waals surface area contributed by atoms with Gasteiger partial charge in [0.15, 0.2) is 0 Å². The molecule has 0 unspecified atom stereocenters. The van der Waals surface area contributed by atoms with E-state index in [1.807, 2.05) is 0 Å². The molecule has 82 valence electrons. The van der Waals surface area contributed by atoms with Gasteiger partial charge in [0.1, 0.15) is 11.4 Å². The van der Waals surface area contributed by atoms with Gasteiger partial charge in [0.25, 0.3) is 5.56 Å². The zero-order chi connectivity index (χ0) is 12.0. The number of fused-ring (bicyclic) bond motifs is 2. The zero-order valence-electron chi connectivity index (χ0n) is 8.56. The number of H-pyrrole nitrogens is 1. The summed E-state index contributed by atoms with van der Waals surface area (Å²) in [6.45, 7) is 0. The lowest BCUT2D eigenvalue weighted by molar-refractivity contribution is 0.0971. The van der Waals surface area contributed by atoms with Crippen LogP contribution in [0.4, 0.5) is 0 Å². The van der Waals surface area contributed by atoms with Crippen molar-refractivity contribution in [3.05, 3.63) is 63.3 Å². The van der Waals surface area contributed by atoms with Gasteiger partial charge >= 0.3 is 0 Å². The number of hydrogen-bond acceptors (Lipinski definition) is 4. The largest absolute Gasteiger partial charge is 0.316 e. The minimum absolute atomic E-state index is 0.00769. The summed E-state index contributed by atoms with van der Waals surface area (Å²) in [4.78, 5) is 41.3. The second-order valence-electron chi connectivity index (χ2n) is 3.67. The molecule has 0 radical (unpaired) electrons. The Kier molecular flexibility index (Phi) is 1.82. The highest BCUT2D eigenvalue weighted by atomic mass is 16.1. The van der Waals surface area contributed by atoms with Crippen molar-refractivity contribution in [1.29, 1.82) is 0 Å². The molecule has 1 heterocycles. The van der Waals surface area contributed by atoms with Gasteiger partial charge in [-0.25, -0.2) is 4.98 Å². The zero-order valence-corrected chi connectivity index (χ0v) is 8.56. The maximum absolute atomic E-state index is 12.0. The monoisotopic (exact) mass is 226 g/mol. The van der Waals surface area contributed by atoms with Crippen LogP contribution in [0.3, 0.4) is 0 Å². The van der Waals surface area contributed by atoms with Crippen molar-refractivity contribution in [3.8, 4) is 0 Å². The molecule has 3 rings (SSSR count). The second-order valence-corrected chi connectivity index (χ2v) is 3.67.